The van der Waals surface area contributed by atoms with Gasteiger partial charge >= 0.3 is 0 Å². The van der Waals surface area contributed by atoms with E-state index in [4.69, 9.17) is 16.3 Å². The van der Waals surface area contributed by atoms with Gasteiger partial charge in [0.05, 0.1) is 13.2 Å². The first-order valence-corrected chi connectivity index (χ1v) is 8.33. The molecule has 0 saturated carbocycles. The van der Waals surface area contributed by atoms with Crippen LogP contribution in [0.2, 0.25) is 5.02 Å². The Morgan fingerprint density at radius 3 is 2.58 bits per heavy atom. The van der Waals surface area contributed by atoms with Gasteiger partial charge in [0.2, 0.25) is 5.91 Å². The van der Waals surface area contributed by atoms with Crippen LogP contribution >= 0.6 is 35.6 Å². The van der Waals surface area contributed by atoms with Crippen molar-refractivity contribution in [3.8, 4) is 0 Å². The number of benzene rings is 1. The predicted octanol–water partition coefficient (Wildman–Crippen LogP) is 2.30. The van der Waals surface area contributed by atoms with Gasteiger partial charge in [0.25, 0.3) is 0 Å². The molecule has 26 heavy (non-hydrogen) atoms. The van der Waals surface area contributed by atoms with Crippen LogP contribution in [-0.4, -0.2) is 52.3 Å². The van der Waals surface area contributed by atoms with Crippen molar-refractivity contribution >= 4 is 47.4 Å². The Balaban J connectivity index is 0.00000625. The lowest BCUT2D eigenvalue weighted by Gasteiger charge is -2.27. The summed E-state index contributed by atoms with van der Waals surface area (Å²) in [6.07, 6.45) is 0. The molecular weight excluding hydrogens is 474 g/mol. The Morgan fingerprint density at radius 1 is 1.31 bits per heavy atom. The molecule has 0 aliphatic rings. The van der Waals surface area contributed by atoms with Gasteiger partial charge in [0, 0.05) is 37.7 Å². The van der Waals surface area contributed by atoms with Crippen LogP contribution in [0.5, 0.6) is 0 Å². The van der Waals surface area contributed by atoms with Crippen LogP contribution in [-0.2, 0) is 14.9 Å². The van der Waals surface area contributed by atoms with E-state index in [1.807, 2.05) is 13.8 Å². The molecule has 0 spiro atoms. The van der Waals surface area contributed by atoms with Gasteiger partial charge in [-0.15, -0.1) is 24.0 Å². The second-order valence-corrected chi connectivity index (χ2v) is 6.54. The maximum atomic E-state index is 13.2. The van der Waals surface area contributed by atoms with Crippen molar-refractivity contribution in [2.45, 2.75) is 19.3 Å². The molecule has 0 saturated heterocycles. The van der Waals surface area contributed by atoms with E-state index in [-0.39, 0.29) is 47.7 Å². The molecule has 0 heterocycles. The highest BCUT2D eigenvalue weighted by molar-refractivity contribution is 14.0. The maximum absolute atomic E-state index is 13.2. The van der Waals surface area contributed by atoms with Crippen molar-refractivity contribution in [3.05, 3.63) is 34.6 Å². The molecule has 3 N–H and O–H groups in total. The molecule has 0 radical (unpaired) electrons. The van der Waals surface area contributed by atoms with E-state index < -0.39 is 0 Å². The lowest BCUT2D eigenvalue weighted by Crippen LogP contribution is -2.46. The first-order valence-electron chi connectivity index (χ1n) is 7.96. The van der Waals surface area contributed by atoms with E-state index in [0.717, 1.165) is 5.56 Å². The minimum absolute atomic E-state index is 0. The third kappa shape index (κ3) is 8.50. The number of hydrogen-bond acceptors (Lipinski definition) is 3. The molecule has 0 aromatic heterocycles. The molecule has 1 aromatic rings. The minimum Gasteiger partial charge on any atom is -0.383 e. The number of amides is 1. The zero-order chi connectivity index (χ0) is 18.9. The number of halogens is 3. The molecule has 9 heteroatoms. The smallest absolute Gasteiger partial charge is 0.239 e. The van der Waals surface area contributed by atoms with Crippen LogP contribution in [0.15, 0.2) is 23.2 Å². The number of methoxy groups -OCH3 is 1. The fraction of sp³-hybridized carbons (Fsp3) is 0.529. The molecule has 0 bridgehead atoms. The van der Waals surface area contributed by atoms with Gasteiger partial charge in [-0.25, -0.2) is 4.39 Å². The monoisotopic (exact) mass is 500 g/mol. The highest BCUT2D eigenvalue weighted by Gasteiger charge is 2.24. The molecule has 0 aliphatic carbocycles. The van der Waals surface area contributed by atoms with Crippen LogP contribution in [0.4, 0.5) is 4.39 Å². The van der Waals surface area contributed by atoms with Crippen LogP contribution < -0.4 is 16.0 Å². The summed E-state index contributed by atoms with van der Waals surface area (Å²) in [6.45, 7) is 5.50. The van der Waals surface area contributed by atoms with E-state index in [1.54, 1.807) is 20.2 Å². The number of hydrogen-bond donors (Lipinski definition) is 3. The third-order valence-electron chi connectivity index (χ3n) is 3.63. The Labute approximate surface area is 176 Å². The summed E-state index contributed by atoms with van der Waals surface area (Å²) in [5.74, 6) is -0.0245. The maximum Gasteiger partial charge on any atom is 0.239 e. The van der Waals surface area contributed by atoms with Gasteiger partial charge < -0.3 is 20.7 Å². The summed E-state index contributed by atoms with van der Waals surface area (Å²) in [6, 6.07) is 4.37. The van der Waals surface area contributed by atoms with Gasteiger partial charge in [-0.1, -0.05) is 31.5 Å². The highest BCUT2D eigenvalue weighted by atomic mass is 127. The first-order chi connectivity index (χ1) is 11.8. The summed E-state index contributed by atoms with van der Waals surface area (Å²) in [5.41, 5.74) is 0.471. The highest BCUT2D eigenvalue weighted by Crippen LogP contribution is 2.29. The lowest BCUT2D eigenvalue weighted by atomic mass is 9.84. The summed E-state index contributed by atoms with van der Waals surface area (Å²) >= 11 is 6.15. The topological polar surface area (TPSA) is 74.8 Å². The molecular formula is C17H27ClFIN4O2. The van der Waals surface area contributed by atoms with E-state index in [2.05, 4.69) is 20.9 Å². The fourth-order valence-corrected chi connectivity index (χ4v) is 2.60. The fourth-order valence-electron chi connectivity index (χ4n) is 2.18. The van der Waals surface area contributed by atoms with E-state index in [0.29, 0.717) is 30.7 Å². The number of carbonyl (C=O) groups excluding carboxylic acids is 1. The van der Waals surface area contributed by atoms with E-state index in [9.17, 15) is 9.18 Å². The number of aliphatic imine (C=N–C) groups is 1. The predicted molar refractivity (Wildman–Crippen MR) is 114 cm³/mol. The van der Waals surface area contributed by atoms with Crippen LogP contribution in [0.25, 0.3) is 0 Å². The number of nitrogens with one attached hydrogen (secondary N) is 3. The molecule has 0 atom stereocenters. The average Bonchev–Trinajstić information content (AvgIpc) is 2.54. The van der Waals surface area contributed by atoms with Crippen molar-refractivity contribution < 1.29 is 13.9 Å². The number of nitrogens with zero attached hydrogens (tertiary/aromatic N) is 1. The van der Waals surface area contributed by atoms with Crippen LogP contribution in [0, 0.1) is 5.82 Å². The molecule has 1 rings (SSSR count). The zero-order valence-electron chi connectivity index (χ0n) is 15.5. The number of ether oxygens (including phenoxy) is 1. The minimum atomic E-state index is -0.366. The number of carbonyl (C=O) groups is 1. The van der Waals surface area contributed by atoms with Crippen molar-refractivity contribution in [1.82, 2.24) is 16.0 Å². The van der Waals surface area contributed by atoms with Crippen molar-refractivity contribution in [2.24, 2.45) is 4.99 Å². The zero-order valence-corrected chi connectivity index (χ0v) is 18.6. The normalized spacial score (nSPS) is 11.5. The number of guanidine groups is 1. The van der Waals surface area contributed by atoms with E-state index in [1.165, 1.54) is 12.1 Å². The van der Waals surface area contributed by atoms with Crippen molar-refractivity contribution in [1.29, 1.82) is 0 Å². The van der Waals surface area contributed by atoms with Crippen LogP contribution in [0.3, 0.4) is 0 Å². The molecule has 6 nitrogen and oxygen atoms in total. The molecule has 1 aromatic carbocycles. The Morgan fingerprint density at radius 2 is 2.00 bits per heavy atom. The summed E-state index contributed by atoms with van der Waals surface area (Å²) in [4.78, 5) is 15.8. The van der Waals surface area contributed by atoms with Gasteiger partial charge in [0.1, 0.15) is 5.82 Å². The number of rotatable bonds is 8. The Hall–Kier alpha value is -1.13. The van der Waals surface area contributed by atoms with Gasteiger partial charge in [0.15, 0.2) is 5.96 Å². The molecule has 0 aliphatic heterocycles. The van der Waals surface area contributed by atoms with Crippen molar-refractivity contribution in [2.75, 3.05) is 40.4 Å². The molecule has 0 fully saturated rings. The first kappa shape index (κ1) is 24.9. The third-order valence-corrected chi connectivity index (χ3v) is 3.94. The van der Waals surface area contributed by atoms with Gasteiger partial charge in [-0.2, -0.15) is 0 Å². The Bertz CT molecular complexity index is 614. The lowest BCUT2D eigenvalue weighted by molar-refractivity contribution is -0.120. The summed E-state index contributed by atoms with van der Waals surface area (Å²) in [7, 11) is 3.20. The van der Waals surface area contributed by atoms with Gasteiger partial charge in [-0.05, 0) is 17.7 Å². The van der Waals surface area contributed by atoms with Gasteiger partial charge in [-0.3, -0.25) is 9.79 Å². The Kier molecular flexibility index (Phi) is 11.8. The van der Waals surface area contributed by atoms with Crippen LogP contribution in [0.1, 0.15) is 19.4 Å². The summed E-state index contributed by atoms with van der Waals surface area (Å²) < 4.78 is 18.1. The molecule has 148 valence electrons. The second kappa shape index (κ2) is 12.3. The standard InChI is InChI=1S/C17H26ClFN4O2.HI/c1-17(2,13-6-5-12(19)9-14(13)18)11-23-16(20-3)22-10-15(24)21-7-8-25-4;/h5-6,9H,7-8,10-11H2,1-4H3,(H,21,24)(H2,20,22,23);1H. The largest absolute Gasteiger partial charge is 0.383 e. The van der Waals surface area contributed by atoms with E-state index >= 15 is 0 Å². The summed E-state index contributed by atoms with van der Waals surface area (Å²) in [5, 5.41) is 9.18. The SMILES string of the molecule is CN=C(NCC(=O)NCCOC)NCC(C)(C)c1ccc(F)cc1Cl.I. The van der Waals surface area contributed by atoms with Crippen molar-refractivity contribution in [3.63, 3.8) is 0 Å². The second-order valence-electron chi connectivity index (χ2n) is 6.13. The molecule has 1 amide bonds. The average molecular weight is 501 g/mol. The molecule has 0 unspecified atom stereocenters. The quantitative estimate of drug-likeness (QED) is 0.222.